The average molecular weight is 401 g/mol. The van der Waals surface area contributed by atoms with E-state index in [1.54, 1.807) is 12.1 Å². The minimum Gasteiger partial charge on any atom is -0.452 e. The summed E-state index contributed by atoms with van der Waals surface area (Å²) in [6.07, 6.45) is 4.02. The van der Waals surface area contributed by atoms with Crippen LogP contribution in [0.4, 0.5) is 0 Å². The van der Waals surface area contributed by atoms with E-state index in [0.717, 1.165) is 31.1 Å². The van der Waals surface area contributed by atoms with Crippen molar-refractivity contribution < 1.29 is 22.7 Å². The van der Waals surface area contributed by atoms with Gasteiger partial charge in [-0.2, -0.15) is 0 Å². The van der Waals surface area contributed by atoms with Gasteiger partial charge in [-0.1, -0.05) is 36.4 Å². The van der Waals surface area contributed by atoms with Crippen molar-refractivity contribution in [1.82, 2.24) is 5.32 Å². The van der Waals surface area contributed by atoms with E-state index < -0.39 is 15.8 Å². The number of esters is 1. The number of sulfone groups is 1. The minimum atomic E-state index is -3.14. The van der Waals surface area contributed by atoms with E-state index in [9.17, 15) is 18.0 Å². The SMILES string of the molecule is CS(=O)(=O)Cc1ccc(C(=O)OCC(=O)N[C@H]2CCCc3ccccc32)cc1. The summed E-state index contributed by atoms with van der Waals surface area (Å²) in [5, 5.41) is 2.93. The van der Waals surface area contributed by atoms with Crippen LogP contribution in [0.2, 0.25) is 0 Å². The summed E-state index contributed by atoms with van der Waals surface area (Å²) in [6.45, 7) is -0.359. The normalized spacial score (nSPS) is 16.1. The highest BCUT2D eigenvalue weighted by atomic mass is 32.2. The summed E-state index contributed by atoms with van der Waals surface area (Å²) in [7, 11) is -3.14. The maximum atomic E-state index is 12.2. The van der Waals surface area contributed by atoms with Gasteiger partial charge in [0.1, 0.15) is 0 Å². The number of amides is 1. The van der Waals surface area contributed by atoms with Gasteiger partial charge in [0.05, 0.1) is 17.4 Å². The molecule has 2 aromatic carbocycles. The Labute approximate surface area is 164 Å². The fourth-order valence-corrected chi connectivity index (χ4v) is 4.19. The molecule has 0 aliphatic heterocycles. The molecular formula is C21H23NO5S. The number of carbonyl (C=O) groups is 2. The van der Waals surface area contributed by atoms with Crippen molar-refractivity contribution in [3.63, 3.8) is 0 Å². The lowest BCUT2D eigenvalue weighted by atomic mass is 9.88. The number of rotatable bonds is 6. The Morgan fingerprint density at radius 1 is 1.11 bits per heavy atom. The van der Waals surface area contributed by atoms with Gasteiger partial charge in [0.2, 0.25) is 0 Å². The second-order valence-corrected chi connectivity index (χ2v) is 9.19. The average Bonchev–Trinajstić information content (AvgIpc) is 2.66. The Kier molecular flexibility index (Phi) is 6.14. The predicted octanol–water partition coefficient (Wildman–Crippen LogP) is 2.58. The van der Waals surface area contributed by atoms with Crippen LogP contribution in [0.25, 0.3) is 0 Å². The zero-order chi connectivity index (χ0) is 20.1. The van der Waals surface area contributed by atoms with Crippen LogP contribution in [0, 0.1) is 0 Å². The molecular weight excluding hydrogens is 378 g/mol. The molecule has 0 heterocycles. The second kappa shape index (κ2) is 8.56. The van der Waals surface area contributed by atoms with Crippen molar-refractivity contribution in [2.24, 2.45) is 0 Å². The fraction of sp³-hybridized carbons (Fsp3) is 0.333. The Balaban J connectivity index is 1.53. The van der Waals surface area contributed by atoms with Crippen molar-refractivity contribution >= 4 is 21.7 Å². The summed E-state index contributed by atoms with van der Waals surface area (Å²) < 4.78 is 27.7. The van der Waals surface area contributed by atoms with E-state index in [4.69, 9.17) is 4.74 Å². The first kappa shape index (κ1) is 20.1. The molecule has 0 saturated heterocycles. The van der Waals surface area contributed by atoms with Crippen LogP contribution in [0.3, 0.4) is 0 Å². The molecule has 0 fully saturated rings. The zero-order valence-corrected chi connectivity index (χ0v) is 16.5. The van der Waals surface area contributed by atoms with E-state index in [0.29, 0.717) is 5.56 Å². The van der Waals surface area contributed by atoms with Gasteiger partial charge in [0.25, 0.3) is 5.91 Å². The van der Waals surface area contributed by atoms with Crippen molar-refractivity contribution in [3.8, 4) is 0 Å². The molecule has 0 aromatic heterocycles. The maximum Gasteiger partial charge on any atom is 0.338 e. The Bertz CT molecular complexity index is 967. The highest BCUT2D eigenvalue weighted by molar-refractivity contribution is 7.89. The first-order valence-corrected chi connectivity index (χ1v) is 11.2. The maximum absolute atomic E-state index is 12.2. The molecule has 3 rings (SSSR count). The molecule has 28 heavy (non-hydrogen) atoms. The van der Waals surface area contributed by atoms with Gasteiger partial charge in [-0.05, 0) is 48.1 Å². The summed E-state index contributed by atoms with van der Waals surface area (Å²) in [4.78, 5) is 24.3. The quantitative estimate of drug-likeness (QED) is 0.752. The van der Waals surface area contributed by atoms with Crippen molar-refractivity contribution in [2.75, 3.05) is 12.9 Å². The molecule has 1 N–H and O–H groups in total. The summed E-state index contributed by atoms with van der Waals surface area (Å²) >= 11 is 0. The summed E-state index contributed by atoms with van der Waals surface area (Å²) in [5.41, 5.74) is 3.22. The molecule has 0 radical (unpaired) electrons. The second-order valence-electron chi connectivity index (χ2n) is 7.05. The van der Waals surface area contributed by atoms with Crippen LogP contribution in [0.5, 0.6) is 0 Å². The van der Waals surface area contributed by atoms with Crippen LogP contribution >= 0.6 is 0 Å². The van der Waals surface area contributed by atoms with Crippen molar-refractivity contribution in [2.45, 2.75) is 31.1 Å². The number of hydrogen-bond donors (Lipinski definition) is 1. The number of ether oxygens (including phenoxy) is 1. The third kappa shape index (κ3) is 5.42. The van der Waals surface area contributed by atoms with Gasteiger partial charge in [-0.25, -0.2) is 13.2 Å². The topological polar surface area (TPSA) is 89.5 Å². The van der Waals surface area contributed by atoms with Gasteiger partial charge >= 0.3 is 5.97 Å². The Morgan fingerprint density at radius 3 is 2.54 bits per heavy atom. The molecule has 0 unspecified atom stereocenters. The van der Waals surface area contributed by atoms with Crippen LogP contribution in [0.15, 0.2) is 48.5 Å². The van der Waals surface area contributed by atoms with Gasteiger partial charge in [-0.3, -0.25) is 4.79 Å². The summed E-state index contributed by atoms with van der Waals surface area (Å²) in [5.74, 6) is -1.05. The number of hydrogen-bond acceptors (Lipinski definition) is 5. The van der Waals surface area contributed by atoms with E-state index in [2.05, 4.69) is 11.4 Å². The lowest BCUT2D eigenvalue weighted by Crippen LogP contribution is -2.34. The number of carbonyl (C=O) groups excluding carboxylic acids is 2. The van der Waals surface area contributed by atoms with Gasteiger partial charge in [-0.15, -0.1) is 0 Å². The third-order valence-corrected chi connectivity index (χ3v) is 5.52. The third-order valence-electron chi connectivity index (χ3n) is 4.66. The zero-order valence-electron chi connectivity index (χ0n) is 15.7. The fourth-order valence-electron chi connectivity index (χ4n) is 3.39. The number of aryl methyl sites for hydroxylation is 1. The van der Waals surface area contributed by atoms with E-state index in [1.165, 1.54) is 17.7 Å². The van der Waals surface area contributed by atoms with Crippen LogP contribution in [0.1, 0.15) is 45.9 Å². The first-order chi connectivity index (χ1) is 13.3. The highest BCUT2D eigenvalue weighted by Gasteiger charge is 2.22. The van der Waals surface area contributed by atoms with Crippen LogP contribution in [-0.4, -0.2) is 33.2 Å². The molecule has 148 valence electrons. The number of fused-ring (bicyclic) bond motifs is 1. The molecule has 0 bridgehead atoms. The molecule has 0 saturated carbocycles. The number of nitrogens with one attached hydrogen (secondary N) is 1. The summed E-state index contributed by atoms with van der Waals surface area (Å²) in [6, 6.07) is 14.1. The highest BCUT2D eigenvalue weighted by Crippen LogP contribution is 2.29. The van der Waals surface area contributed by atoms with E-state index in [1.807, 2.05) is 18.2 Å². The standard InChI is InChI=1S/C21H23NO5S/c1-28(25,26)14-15-9-11-17(12-10-15)21(24)27-13-20(23)22-19-8-4-6-16-5-2-3-7-18(16)19/h2-3,5,7,9-12,19H,4,6,8,13-14H2,1H3,(H,22,23)/t19-/m0/s1. The van der Waals surface area contributed by atoms with E-state index >= 15 is 0 Å². The molecule has 6 nitrogen and oxygen atoms in total. The first-order valence-electron chi connectivity index (χ1n) is 9.13. The largest absolute Gasteiger partial charge is 0.452 e. The molecule has 7 heteroatoms. The molecule has 1 atom stereocenters. The number of benzene rings is 2. The Hall–Kier alpha value is -2.67. The molecule has 0 spiro atoms. The minimum absolute atomic E-state index is 0.0635. The lowest BCUT2D eigenvalue weighted by molar-refractivity contribution is -0.125. The smallest absolute Gasteiger partial charge is 0.338 e. The van der Waals surface area contributed by atoms with E-state index in [-0.39, 0.29) is 29.9 Å². The molecule has 1 aliphatic carbocycles. The van der Waals surface area contributed by atoms with Gasteiger partial charge in [0.15, 0.2) is 16.4 Å². The van der Waals surface area contributed by atoms with Crippen molar-refractivity contribution in [1.29, 1.82) is 0 Å². The monoisotopic (exact) mass is 401 g/mol. The van der Waals surface area contributed by atoms with Crippen molar-refractivity contribution in [3.05, 3.63) is 70.8 Å². The molecule has 2 aromatic rings. The lowest BCUT2D eigenvalue weighted by Gasteiger charge is -2.26. The molecule has 1 aliphatic rings. The van der Waals surface area contributed by atoms with Gasteiger partial charge < -0.3 is 10.1 Å². The Morgan fingerprint density at radius 2 is 1.82 bits per heavy atom. The molecule has 1 amide bonds. The van der Waals surface area contributed by atoms with Gasteiger partial charge in [0, 0.05) is 6.26 Å². The predicted molar refractivity (Wildman–Crippen MR) is 106 cm³/mol. The van der Waals surface area contributed by atoms with Crippen LogP contribution < -0.4 is 5.32 Å². The van der Waals surface area contributed by atoms with Crippen LogP contribution in [-0.2, 0) is 31.5 Å².